The fourth-order valence-corrected chi connectivity index (χ4v) is 1.85. The van der Waals surface area contributed by atoms with Gasteiger partial charge in [0.05, 0.1) is 26.4 Å². The van der Waals surface area contributed by atoms with Gasteiger partial charge in [0.1, 0.15) is 32.3 Å². The summed E-state index contributed by atoms with van der Waals surface area (Å²) >= 11 is 0. The number of rotatable bonds is 8. The van der Waals surface area contributed by atoms with E-state index in [2.05, 4.69) is 0 Å². The number of ether oxygens (including phenoxy) is 1. The highest BCUT2D eigenvalue weighted by molar-refractivity contribution is 4.69. The Hall–Kier alpha value is -0.200. The zero-order valence-corrected chi connectivity index (χ0v) is 8.43. The molecule has 5 nitrogen and oxygen atoms in total. The van der Waals surface area contributed by atoms with Gasteiger partial charge in [0.2, 0.25) is 0 Å². The molecule has 0 aromatic heterocycles. The lowest BCUT2D eigenvalue weighted by atomic mass is 10.2. The van der Waals surface area contributed by atoms with Crippen molar-refractivity contribution in [3.8, 4) is 0 Å². The van der Waals surface area contributed by atoms with Crippen LogP contribution in [-0.2, 0) is 4.74 Å². The van der Waals surface area contributed by atoms with Gasteiger partial charge in [0, 0.05) is 0 Å². The van der Waals surface area contributed by atoms with Crippen molar-refractivity contribution in [2.45, 2.75) is 6.10 Å². The molecule has 1 fully saturated rings. The van der Waals surface area contributed by atoms with Crippen molar-refractivity contribution in [1.82, 2.24) is 0 Å². The van der Waals surface area contributed by atoms with Crippen molar-refractivity contribution in [2.75, 3.05) is 52.6 Å². The summed E-state index contributed by atoms with van der Waals surface area (Å²) in [7, 11) is 0. The Balaban J connectivity index is 2.49. The van der Waals surface area contributed by atoms with Crippen molar-refractivity contribution in [3.63, 3.8) is 0 Å². The number of nitrogens with zero attached hydrogens (tertiary/aromatic N) is 1. The molecule has 0 amide bonds. The van der Waals surface area contributed by atoms with Crippen LogP contribution in [0.1, 0.15) is 0 Å². The molecule has 84 valence electrons. The summed E-state index contributed by atoms with van der Waals surface area (Å²) in [5, 5.41) is 26.9. The summed E-state index contributed by atoms with van der Waals surface area (Å²) in [6, 6.07) is 0. The predicted molar refractivity (Wildman–Crippen MR) is 50.7 cm³/mol. The molecular formula is C9H20NO4+. The number of hydrogen-bond donors (Lipinski definition) is 3. The van der Waals surface area contributed by atoms with Crippen LogP contribution in [0.25, 0.3) is 0 Å². The summed E-state index contributed by atoms with van der Waals surface area (Å²) in [6.45, 7) is 3.49. The van der Waals surface area contributed by atoms with Gasteiger partial charge in [-0.05, 0) is 0 Å². The molecule has 1 unspecified atom stereocenters. The highest BCUT2D eigenvalue weighted by Gasteiger charge is 2.36. The Morgan fingerprint density at radius 2 is 1.43 bits per heavy atom. The average Bonchev–Trinajstić information content (AvgIpc) is 2.89. The monoisotopic (exact) mass is 206 g/mol. The quantitative estimate of drug-likeness (QED) is 0.323. The van der Waals surface area contributed by atoms with Gasteiger partial charge in [0.15, 0.2) is 0 Å². The molecule has 1 aliphatic rings. The van der Waals surface area contributed by atoms with E-state index >= 15 is 0 Å². The van der Waals surface area contributed by atoms with Crippen LogP contribution in [0, 0.1) is 0 Å². The third kappa shape index (κ3) is 3.51. The molecule has 0 spiro atoms. The second kappa shape index (κ2) is 5.63. The minimum atomic E-state index is 0.0761. The van der Waals surface area contributed by atoms with E-state index in [-0.39, 0.29) is 25.9 Å². The van der Waals surface area contributed by atoms with Crippen molar-refractivity contribution in [1.29, 1.82) is 0 Å². The number of aliphatic hydroxyl groups excluding tert-OH is 3. The first kappa shape index (κ1) is 11.9. The van der Waals surface area contributed by atoms with Crippen LogP contribution in [0.3, 0.4) is 0 Å². The highest BCUT2D eigenvalue weighted by Crippen LogP contribution is 2.17. The molecule has 0 bridgehead atoms. The molecule has 1 aliphatic heterocycles. The predicted octanol–water partition coefficient (Wildman–Crippen LogP) is -1.82. The molecule has 1 rings (SSSR count). The molecule has 0 aromatic rings. The van der Waals surface area contributed by atoms with E-state index in [0.717, 1.165) is 13.2 Å². The van der Waals surface area contributed by atoms with Gasteiger partial charge in [-0.2, -0.15) is 0 Å². The lowest BCUT2D eigenvalue weighted by Crippen LogP contribution is -2.55. The van der Waals surface area contributed by atoms with Crippen LogP contribution >= 0.6 is 0 Å². The van der Waals surface area contributed by atoms with Crippen LogP contribution in [0.15, 0.2) is 0 Å². The van der Waals surface area contributed by atoms with E-state index in [0.29, 0.717) is 24.1 Å². The van der Waals surface area contributed by atoms with E-state index in [9.17, 15) is 0 Å². The maximum Gasteiger partial charge on any atom is 0.130 e. The Bertz CT molecular complexity index is 144. The van der Waals surface area contributed by atoms with Gasteiger partial charge in [-0.1, -0.05) is 0 Å². The first-order valence-electron chi connectivity index (χ1n) is 5.05. The summed E-state index contributed by atoms with van der Waals surface area (Å²) in [5.74, 6) is 0. The molecule has 5 heteroatoms. The average molecular weight is 206 g/mol. The van der Waals surface area contributed by atoms with Crippen LogP contribution in [0.2, 0.25) is 0 Å². The number of aliphatic hydroxyl groups is 3. The lowest BCUT2D eigenvalue weighted by Gasteiger charge is -2.36. The standard InChI is InChI=1S/C9H20NO4/c11-4-1-10(2-5-12,3-6-13)7-9-8-14-9/h9,11-13H,1-8H2/q+1. The van der Waals surface area contributed by atoms with Crippen molar-refractivity contribution in [2.24, 2.45) is 0 Å². The number of quaternary nitrogens is 1. The van der Waals surface area contributed by atoms with Crippen molar-refractivity contribution >= 4 is 0 Å². The van der Waals surface area contributed by atoms with Crippen LogP contribution in [0.4, 0.5) is 0 Å². The summed E-state index contributed by atoms with van der Waals surface area (Å²) in [5.41, 5.74) is 0. The smallest absolute Gasteiger partial charge is 0.130 e. The van der Waals surface area contributed by atoms with Gasteiger partial charge in [-0.25, -0.2) is 0 Å². The fraction of sp³-hybridized carbons (Fsp3) is 1.00. The Kier molecular flexibility index (Phi) is 4.77. The normalized spacial score (nSPS) is 21.2. The minimum absolute atomic E-state index is 0.0761. The number of hydrogen-bond acceptors (Lipinski definition) is 4. The largest absolute Gasteiger partial charge is 0.391 e. The maximum absolute atomic E-state index is 8.97. The molecule has 0 radical (unpaired) electrons. The summed E-state index contributed by atoms with van der Waals surface area (Å²) < 4.78 is 5.69. The van der Waals surface area contributed by atoms with E-state index in [1.54, 1.807) is 0 Å². The van der Waals surface area contributed by atoms with Gasteiger partial charge >= 0.3 is 0 Å². The topological polar surface area (TPSA) is 73.2 Å². The first-order chi connectivity index (χ1) is 6.76. The maximum atomic E-state index is 8.97. The molecule has 3 N–H and O–H groups in total. The van der Waals surface area contributed by atoms with Crippen molar-refractivity contribution in [3.05, 3.63) is 0 Å². The Morgan fingerprint density at radius 1 is 1.00 bits per heavy atom. The molecular weight excluding hydrogens is 186 g/mol. The third-order valence-electron chi connectivity index (χ3n) is 2.72. The number of epoxide rings is 1. The molecule has 0 aromatic carbocycles. The van der Waals surface area contributed by atoms with Gasteiger partial charge in [-0.3, -0.25) is 0 Å². The molecule has 1 atom stereocenters. The molecule has 1 heterocycles. The SMILES string of the molecule is OCC[N+](CCO)(CCO)CC1CO1. The Morgan fingerprint density at radius 3 is 1.71 bits per heavy atom. The van der Waals surface area contributed by atoms with Crippen molar-refractivity contribution < 1.29 is 24.5 Å². The van der Waals surface area contributed by atoms with Gasteiger partial charge in [-0.15, -0.1) is 0 Å². The van der Waals surface area contributed by atoms with Crippen LogP contribution in [-0.4, -0.2) is 78.5 Å². The highest BCUT2D eigenvalue weighted by atomic mass is 16.6. The molecule has 0 saturated carbocycles. The Labute approximate surface area is 84.1 Å². The lowest BCUT2D eigenvalue weighted by molar-refractivity contribution is -0.929. The summed E-state index contributed by atoms with van der Waals surface area (Å²) in [6.07, 6.45) is 0.250. The van der Waals surface area contributed by atoms with E-state index in [1.807, 2.05) is 0 Å². The first-order valence-corrected chi connectivity index (χ1v) is 5.05. The molecule has 1 saturated heterocycles. The van der Waals surface area contributed by atoms with Gasteiger partial charge in [0.25, 0.3) is 0 Å². The second-order valence-corrected chi connectivity index (χ2v) is 3.82. The zero-order valence-electron chi connectivity index (χ0n) is 8.43. The minimum Gasteiger partial charge on any atom is -0.391 e. The van der Waals surface area contributed by atoms with Crippen LogP contribution in [0.5, 0.6) is 0 Å². The van der Waals surface area contributed by atoms with Crippen LogP contribution < -0.4 is 0 Å². The summed E-state index contributed by atoms with van der Waals surface area (Å²) in [4.78, 5) is 0. The second-order valence-electron chi connectivity index (χ2n) is 3.82. The fourth-order valence-electron chi connectivity index (χ4n) is 1.85. The van der Waals surface area contributed by atoms with Gasteiger partial charge < -0.3 is 24.5 Å². The van der Waals surface area contributed by atoms with E-state index < -0.39 is 0 Å². The molecule has 14 heavy (non-hydrogen) atoms. The zero-order chi connectivity index (χ0) is 10.4. The third-order valence-corrected chi connectivity index (χ3v) is 2.72. The van der Waals surface area contributed by atoms with E-state index in [4.69, 9.17) is 20.1 Å². The molecule has 0 aliphatic carbocycles. The van der Waals surface area contributed by atoms with E-state index in [1.165, 1.54) is 0 Å².